The Morgan fingerprint density at radius 2 is 1.42 bits per heavy atom. The normalized spacial score (nSPS) is 11.2. The first-order valence-electron chi connectivity index (χ1n) is 18.4. The number of aliphatic imine (C=N–C) groups is 1. The van der Waals surface area contributed by atoms with Gasteiger partial charge in [0, 0.05) is 18.7 Å². The third-order valence-corrected chi connectivity index (χ3v) is 9.19. The van der Waals surface area contributed by atoms with E-state index in [-0.39, 0.29) is 0 Å². The van der Waals surface area contributed by atoms with Crippen LogP contribution >= 0.6 is 11.6 Å². The second-order valence-electron chi connectivity index (χ2n) is 13.2. The van der Waals surface area contributed by atoms with Gasteiger partial charge >= 0.3 is 29.8 Å². The zero-order chi connectivity index (χ0) is 51.0. The lowest BCUT2D eigenvalue weighted by Crippen LogP contribution is -2.26. The van der Waals surface area contributed by atoms with Gasteiger partial charge < -0.3 is 46.0 Å². The first-order valence-corrected chi connectivity index (χ1v) is 18.8. The number of hydrogen-bond donors (Lipinski definition) is 9. The van der Waals surface area contributed by atoms with Gasteiger partial charge in [0.2, 0.25) is 23.0 Å². The molecule has 30 heteroatoms. The molecule has 0 amide bonds. The van der Waals surface area contributed by atoms with Crippen molar-refractivity contribution in [3.63, 3.8) is 0 Å². The maximum absolute atomic E-state index is 13.9. The van der Waals surface area contributed by atoms with E-state index in [1.54, 1.807) is 6.07 Å². The number of aliphatic carboxylic acids is 1. The van der Waals surface area contributed by atoms with Crippen molar-refractivity contribution in [1.82, 2.24) is 24.1 Å². The molecule has 350 valence electrons. The molecule has 0 radical (unpaired) electrons. The lowest BCUT2D eigenvalue weighted by atomic mass is 10.1. The lowest BCUT2D eigenvalue weighted by Gasteiger charge is -2.15. The van der Waals surface area contributed by atoms with Crippen molar-refractivity contribution in [3.8, 4) is 17.8 Å². The first kappa shape index (κ1) is 49.8. The van der Waals surface area contributed by atoms with Crippen LogP contribution in [0.2, 0.25) is 5.28 Å². The molecule has 0 aliphatic heterocycles. The average Bonchev–Trinajstić information content (AvgIpc) is 3.28. The smallest absolute Gasteiger partial charge is 0.337 e. The fourth-order valence-corrected chi connectivity index (χ4v) is 6.11. The number of halogens is 1. The summed E-state index contributed by atoms with van der Waals surface area (Å²) < 4.78 is 0.927. The second kappa shape index (κ2) is 20.7. The van der Waals surface area contributed by atoms with Gasteiger partial charge in [-0.3, -0.25) is 19.0 Å². The van der Waals surface area contributed by atoms with E-state index in [1.165, 1.54) is 0 Å². The highest BCUT2D eigenvalue weighted by Gasteiger charge is 2.28. The van der Waals surface area contributed by atoms with Crippen molar-refractivity contribution >= 4 is 93.4 Å². The summed E-state index contributed by atoms with van der Waals surface area (Å²) in [5, 5.41) is 106. The minimum Gasteiger partial charge on any atom is -0.502 e. The number of benzene rings is 2. The summed E-state index contributed by atoms with van der Waals surface area (Å²) in [6.07, 6.45) is -1.09. The Morgan fingerprint density at radius 3 is 1.91 bits per heavy atom. The van der Waals surface area contributed by atoms with E-state index in [4.69, 9.17) is 18.2 Å². The van der Waals surface area contributed by atoms with Crippen LogP contribution in [0.4, 0.5) is 40.3 Å². The van der Waals surface area contributed by atoms with Gasteiger partial charge in [-0.25, -0.2) is 33.8 Å². The molecule has 0 aliphatic rings. The van der Waals surface area contributed by atoms with Gasteiger partial charge in [-0.05, 0) is 54.9 Å². The maximum atomic E-state index is 13.9. The predicted molar refractivity (Wildman–Crippen MR) is 230 cm³/mol. The number of carboxylic acid groups (broad SMARTS) is 5. The number of pyridine rings is 2. The second-order valence-corrected chi connectivity index (χ2v) is 13.6. The molecule has 0 saturated carbocycles. The van der Waals surface area contributed by atoms with Crippen molar-refractivity contribution in [1.29, 1.82) is 5.26 Å². The van der Waals surface area contributed by atoms with Crippen molar-refractivity contribution in [2.45, 2.75) is 19.9 Å². The van der Waals surface area contributed by atoms with Crippen LogP contribution < -0.4 is 16.4 Å². The molecule has 2 aromatic carbocycles. The molecule has 5 aromatic rings. The summed E-state index contributed by atoms with van der Waals surface area (Å²) in [6, 6.07) is 6.91. The highest BCUT2D eigenvalue weighted by atomic mass is 35.5. The van der Waals surface area contributed by atoms with E-state index in [0.29, 0.717) is 9.13 Å². The number of carbonyl (C=O) groups is 5. The van der Waals surface area contributed by atoms with Gasteiger partial charge in [0.1, 0.15) is 34.5 Å². The predicted octanol–water partition coefficient (Wildman–Crippen LogP) is 5.10. The summed E-state index contributed by atoms with van der Waals surface area (Å²) in [5.41, 5.74) is -10.5. The van der Waals surface area contributed by atoms with Crippen molar-refractivity contribution in [2.75, 3.05) is 11.9 Å². The Bertz CT molecular complexity index is 3370. The molecule has 0 bridgehead atoms. The van der Waals surface area contributed by atoms with Crippen LogP contribution in [0.15, 0.2) is 78.0 Å². The molecule has 0 fully saturated rings. The van der Waals surface area contributed by atoms with Crippen LogP contribution in [-0.4, -0.2) is 107 Å². The number of anilines is 1. The zero-order valence-corrected chi connectivity index (χ0v) is 35.1. The van der Waals surface area contributed by atoms with Crippen LogP contribution in [-0.2, 0) is 22.6 Å². The SMILES string of the molecule is [C-]#[N+]c1c(CC(=O)O)c(N=Nc2cc(C(=O)O)ccc2C(=O)O)c(=O)n(C(C)=Nc2nc(Cl)nc(NCCn3c(O)c(C#N)c(C(=C)OO)c(N=Nc4cc(C(=O)O)ccc4C(=O)O)c3=O)n2)c1O. The third kappa shape index (κ3) is 10.7. The van der Waals surface area contributed by atoms with E-state index < -0.39 is 168 Å². The highest BCUT2D eigenvalue weighted by Crippen LogP contribution is 2.37. The van der Waals surface area contributed by atoms with Gasteiger partial charge in [-0.1, -0.05) is 6.58 Å². The van der Waals surface area contributed by atoms with Crippen LogP contribution in [0.25, 0.3) is 10.6 Å². The number of azo groups is 2. The molecule has 0 unspecified atom stereocenters. The number of nitriles is 1. The molecule has 0 atom stereocenters. The summed E-state index contributed by atoms with van der Waals surface area (Å²) in [6.45, 7) is 11.1. The zero-order valence-electron chi connectivity index (χ0n) is 34.4. The number of aromatic hydroxyl groups is 2. The van der Waals surface area contributed by atoms with Crippen LogP contribution in [0.5, 0.6) is 11.8 Å². The Balaban J connectivity index is 1.55. The number of aromatic nitrogens is 5. The molecule has 0 spiro atoms. The van der Waals surface area contributed by atoms with Crippen molar-refractivity contribution in [3.05, 3.63) is 119 Å². The average molecular weight is 968 g/mol. The Hall–Kier alpha value is -10.3. The molecule has 3 heterocycles. The van der Waals surface area contributed by atoms with Crippen molar-refractivity contribution < 1.29 is 69.9 Å². The van der Waals surface area contributed by atoms with Gasteiger partial charge in [0.05, 0.1) is 40.8 Å². The highest BCUT2D eigenvalue weighted by molar-refractivity contribution is 6.28. The Morgan fingerprint density at radius 1 is 0.855 bits per heavy atom. The summed E-state index contributed by atoms with van der Waals surface area (Å²) in [4.78, 5) is 109. The van der Waals surface area contributed by atoms with E-state index in [9.17, 15) is 79.8 Å². The fraction of sp³-hybridized carbons (Fsp3) is 0.103. The third-order valence-electron chi connectivity index (χ3n) is 9.02. The van der Waals surface area contributed by atoms with E-state index in [2.05, 4.69) is 62.0 Å². The Labute approximate surface area is 386 Å². The largest absolute Gasteiger partial charge is 0.502 e. The van der Waals surface area contributed by atoms with Gasteiger partial charge in [0.25, 0.3) is 22.8 Å². The van der Waals surface area contributed by atoms with E-state index in [0.717, 1.165) is 43.3 Å². The minimum absolute atomic E-state index is 0.367. The van der Waals surface area contributed by atoms with Gasteiger partial charge in [-0.2, -0.15) is 25.2 Å². The van der Waals surface area contributed by atoms with Crippen LogP contribution in [0.3, 0.4) is 0 Å². The van der Waals surface area contributed by atoms with Gasteiger partial charge in [0.15, 0.2) is 11.4 Å². The van der Waals surface area contributed by atoms with E-state index >= 15 is 0 Å². The van der Waals surface area contributed by atoms with Crippen molar-refractivity contribution in [2.24, 2.45) is 25.4 Å². The molecule has 5 rings (SSSR count). The number of nitrogens with zero attached hydrogens (tertiary/aromatic N) is 12. The number of carboxylic acids is 5. The number of rotatable bonds is 17. The summed E-state index contributed by atoms with van der Waals surface area (Å²) >= 11 is 6.11. The lowest BCUT2D eigenvalue weighted by molar-refractivity contribution is -0.169. The standard InChI is InChI=1S/C39H26ClN13O16/c1-14(69-68)25-21(13-41)29(56)52(30(57)28(25)51-49-23-11-17(34(62)63)5-7-19(23)36(66)67)9-8-43-38-45-37(40)46-39(47-38)44-15(2)53-31(58)26(42-3)20(12-24(54)55)27(32(53)59)50-48-22-10-16(33(60)61)4-6-18(22)35(64)65/h4-7,10-11,56,58,68H,1,8-9,12H2,2H3,(H,54,55)(H,60,61)(H,62,63)(H,64,65)(H,66,67)(H,43,45,46,47). The monoisotopic (exact) mass is 967 g/mol. The molecule has 29 nitrogen and oxygen atoms in total. The molecular weight excluding hydrogens is 942 g/mol. The summed E-state index contributed by atoms with van der Waals surface area (Å²) in [7, 11) is 0. The molecule has 0 saturated heterocycles. The molecule has 0 aliphatic carbocycles. The maximum Gasteiger partial charge on any atom is 0.337 e. The quantitative estimate of drug-likeness (QED) is 0.0111. The Kier molecular flexibility index (Phi) is 14.9. The number of nitrogens with one attached hydrogen (secondary N) is 1. The molecule has 69 heavy (non-hydrogen) atoms. The molecule has 3 aromatic heterocycles. The van der Waals surface area contributed by atoms with Gasteiger partial charge in [-0.15, -0.1) is 20.5 Å². The molecular formula is C39H26ClN13O16. The molecule has 9 N–H and O–H groups in total. The number of aromatic carboxylic acids is 4. The topological polar surface area (TPSA) is 441 Å². The van der Waals surface area contributed by atoms with Crippen LogP contribution in [0, 0.1) is 17.9 Å². The minimum atomic E-state index is -1.61. The van der Waals surface area contributed by atoms with Crippen LogP contribution in [0.1, 0.15) is 65.0 Å². The summed E-state index contributed by atoms with van der Waals surface area (Å²) in [5.74, 6) is -12.2. The fourth-order valence-electron chi connectivity index (χ4n) is 5.95. The van der Waals surface area contributed by atoms with E-state index in [1.807, 2.05) is 0 Å². The number of hydrogen-bond acceptors (Lipinski definition) is 21. The first-order chi connectivity index (χ1) is 32.6.